The van der Waals surface area contributed by atoms with E-state index in [0.29, 0.717) is 24.5 Å². The van der Waals surface area contributed by atoms with Crippen LogP contribution in [0.15, 0.2) is 73.1 Å². The molecule has 0 bridgehead atoms. The quantitative estimate of drug-likeness (QED) is 0.497. The molecule has 0 fully saturated rings. The molecule has 7 heteroatoms. The van der Waals surface area contributed by atoms with Crippen LogP contribution in [-0.2, 0) is 17.9 Å². The Bertz CT molecular complexity index is 1250. The number of aromatic nitrogens is 2. The van der Waals surface area contributed by atoms with Gasteiger partial charge in [0.1, 0.15) is 11.5 Å². The lowest BCUT2D eigenvalue weighted by Crippen LogP contribution is -2.25. The molecule has 0 aliphatic heterocycles. The lowest BCUT2D eigenvalue weighted by Gasteiger charge is -2.12. The summed E-state index contributed by atoms with van der Waals surface area (Å²) in [5.74, 6) is -0.745. The first kappa shape index (κ1) is 20.3. The van der Waals surface area contributed by atoms with E-state index in [-0.39, 0.29) is 17.6 Å². The molecule has 4 aromatic rings. The van der Waals surface area contributed by atoms with Gasteiger partial charge in [-0.1, -0.05) is 12.1 Å². The molecule has 156 valence electrons. The predicted octanol–water partition coefficient (Wildman–Crippen LogP) is 4.11. The molecule has 2 aromatic heterocycles. The Kier molecular flexibility index (Phi) is 5.75. The van der Waals surface area contributed by atoms with Gasteiger partial charge in [-0.25, -0.2) is 4.39 Å². The number of amides is 2. The SMILES string of the molecule is CC(=O)Nc1ccc2c(c1)cc(C(=O)NCc1ccncc1)n2Cc1cccc(F)c1. The standard InChI is InChI=1S/C24H21FN4O2/c1-16(30)28-21-5-6-22-19(12-21)13-23(24(31)27-14-17-7-9-26-10-8-17)29(22)15-18-3-2-4-20(25)11-18/h2-13H,14-15H2,1H3,(H,27,31)(H,28,30). The Balaban J connectivity index is 1.70. The van der Waals surface area contributed by atoms with Crippen LogP contribution in [0.1, 0.15) is 28.5 Å². The fourth-order valence-corrected chi connectivity index (χ4v) is 3.50. The highest BCUT2D eigenvalue weighted by Crippen LogP contribution is 2.25. The number of fused-ring (bicyclic) bond motifs is 1. The molecule has 2 heterocycles. The Morgan fingerprint density at radius 3 is 2.55 bits per heavy atom. The summed E-state index contributed by atoms with van der Waals surface area (Å²) in [7, 11) is 0. The smallest absolute Gasteiger partial charge is 0.268 e. The summed E-state index contributed by atoms with van der Waals surface area (Å²) >= 11 is 0. The minimum atomic E-state index is -0.328. The lowest BCUT2D eigenvalue weighted by atomic mass is 10.2. The summed E-state index contributed by atoms with van der Waals surface area (Å²) in [5.41, 5.74) is 3.59. The Morgan fingerprint density at radius 1 is 1.00 bits per heavy atom. The van der Waals surface area contributed by atoms with Crippen molar-refractivity contribution in [2.45, 2.75) is 20.0 Å². The summed E-state index contributed by atoms with van der Waals surface area (Å²) in [6.45, 7) is 2.13. The molecule has 0 radical (unpaired) electrons. The van der Waals surface area contributed by atoms with Gasteiger partial charge in [-0.3, -0.25) is 14.6 Å². The second kappa shape index (κ2) is 8.79. The molecule has 2 amide bonds. The second-order valence-corrected chi connectivity index (χ2v) is 7.24. The van der Waals surface area contributed by atoms with Crippen LogP contribution in [0.4, 0.5) is 10.1 Å². The van der Waals surface area contributed by atoms with Crippen molar-refractivity contribution in [2.75, 3.05) is 5.32 Å². The largest absolute Gasteiger partial charge is 0.347 e. The number of rotatable bonds is 6. The molecule has 0 saturated carbocycles. The zero-order valence-electron chi connectivity index (χ0n) is 16.9. The highest BCUT2D eigenvalue weighted by atomic mass is 19.1. The number of hydrogen-bond donors (Lipinski definition) is 2. The molecular weight excluding hydrogens is 395 g/mol. The average molecular weight is 416 g/mol. The van der Waals surface area contributed by atoms with E-state index in [4.69, 9.17) is 0 Å². The van der Waals surface area contributed by atoms with Crippen LogP contribution in [-0.4, -0.2) is 21.4 Å². The van der Waals surface area contributed by atoms with Gasteiger partial charge in [-0.05, 0) is 59.7 Å². The molecule has 31 heavy (non-hydrogen) atoms. The summed E-state index contributed by atoms with van der Waals surface area (Å²) in [6, 6.07) is 17.2. The first-order chi connectivity index (χ1) is 15.0. The van der Waals surface area contributed by atoms with Gasteiger partial charge in [0.2, 0.25) is 5.91 Å². The Hall–Kier alpha value is -4.00. The number of hydrogen-bond acceptors (Lipinski definition) is 3. The summed E-state index contributed by atoms with van der Waals surface area (Å²) < 4.78 is 15.6. The third kappa shape index (κ3) is 4.78. The lowest BCUT2D eigenvalue weighted by molar-refractivity contribution is -0.114. The van der Waals surface area contributed by atoms with Gasteiger partial charge < -0.3 is 15.2 Å². The number of anilines is 1. The summed E-state index contributed by atoms with van der Waals surface area (Å²) in [4.78, 5) is 28.4. The number of pyridine rings is 1. The summed E-state index contributed by atoms with van der Waals surface area (Å²) in [6.07, 6.45) is 3.35. The maximum atomic E-state index is 13.7. The Labute approximate surface area is 178 Å². The van der Waals surface area contributed by atoms with Crippen molar-refractivity contribution in [3.8, 4) is 0 Å². The number of carbonyl (C=O) groups is 2. The monoisotopic (exact) mass is 416 g/mol. The summed E-state index contributed by atoms with van der Waals surface area (Å²) in [5, 5.41) is 6.49. The molecule has 4 rings (SSSR count). The van der Waals surface area contributed by atoms with Crippen LogP contribution in [0.5, 0.6) is 0 Å². The van der Waals surface area contributed by atoms with Gasteiger partial charge in [0.25, 0.3) is 5.91 Å². The fourth-order valence-electron chi connectivity index (χ4n) is 3.50. The molecule has 2 aromatic carbocycles. The molecule has 0 unspecified atom stereocenters. The maximum Gasteiger partial charge on any atom is 0.268 e. The van der Waals surface area contributed by atoms with Gasteiger partial charge in [-0.2, -0.15) is 0 Å². The van der Waals surface area contributed by atoms with E-state index in [1.165, 1.54) is 19.1 Å². The maximum absolute atomic E-state index is 13.7. The number of nitrogens with zero attached hydrogens (tertiary/aromatic N) is 2. The van der Waals surface area contributed by atoms with Crippen molar-refractivity contribution in [2.24, 2.45) is 0 Å². The van der Waals surface area contributed by atoms with Crippen molar-refractivity contribution in [1.29, 1.82) is 0 Å². The molecule has 0 spiro atoms. The zero-order valence-corrected chi connectivity index (χ0v) is 16.9. The molecule has 0 saturated heterocycles. The molecule has 0 aliphatic carbocycles. The van der Waals surface area contributed by atoms with Crippen molar-refractivity contribution in [3.63, 3.8) is 0 Å². The molecule has 2 N–H and O–H groups in total. The van der Waals surface area contributed by atoms with Crippen LogP contribution in [0, 0.1) is 5.82 Å². The minimum absolute atomic E-state index is 0.172. The second-order valence-electron chi connectivity index (χ2n) is 7.24. The number of carbonyl (C=O) groups excluding carboxylic acids is 2. The number of benzene rings is 2. The van der Waals surface area contributed by atoms with Crippen molar-refractivity contribution < 1.29 is 14.0 Å². The predicted molar refractivity (Wildman–Crippen MR) is 117 cm³/mol. The van der Waals surface area contributed by atoms with Crippen molar-refractivity contribution in [3.05, 3.63) is 95.7 Å². The molecular formula is C24H21FN4O2. The topological polar surface area (TPSA) is 76.0 Å². The van der Waals surface area contributed by atoms with E-state index in [1.807, 2.05) is 34.9 Å². The van der Waals surface area contributed by atoms with Crippen LogP contribution in [0.25, 0.3) is 10.9 Å². The van der Waals surface area contributed by atoms with E-state index < -0.39 is 0 Å². The van der Waals surface area contributed by atoms with Crippen LogP contribution in [0.3, 0.4) is 0 Å². The van der Waals surface area contributed by atoms with Gasteiger partial charge in [-0.15, -0.1) is 0 Å². The molecule has 6 nitrogen and oxygen atoms in total. The normalized spacial score (nSPS) is 10.8. The Morgan fingerprint density at radius 2 is 1.81 bits per heavy atom. The highest BCUT2D eigenvalue weighted by Gasteiger charge is 2.17. The van der Waals surface area contributed by atoms with E-state index in [1.54, 1.807) is 30.6 Å². The molecule has 0 atom stereocenters. The third-order valence-electron chi connectivity index (χ3n) is 4.89. The molecule has 0 aliphatic rings. The number of halogens is 1. The van der Waals surface area contributed by atoms with Gasteiger partial charge in [0, 0.05) is 49.0 Å². The van der Waals surface area contributed by atoms with E-state index in [2.05, 4.69) is 15.6 Å². The van der Waals surface area contributed by atoms with Gasteiger partial charge in [0.15, 0.2) is 0 Å². The first-order valence-electron chi connectivity index (χ1n) is 9.82. The van der Waals surface area contributed by atoms with Crippen LogP contribution >= 0.6 is 0 Å². The third-order valence-corrected chi connectivity index (χ3v) is 4.89. The number of nitrogens with one attached hydrogen (secondary N) is 2. The first-order valence-corrected chi connectivity index (χ1v) is 9.82. The fraction of sp³-hybridized carbons (Fsp3) is 0.125. The van der Waals surface area contributed by atoms with Crippen LogP contribution < -0.4 is 10.6 Å². The van der Waals surface area contributed by atoms with E-state index in [0.717, 1.165) is 22.0 Å². The van der Waals surface area contributed by atoms with E-state index in [9.17, 15) is 14.0 Å². The van der Waals surface area contributed by atoms with Crippen LogP contribution in [0.2, 0.25) is 0 Å². The van der Waals surface area contributed by atoms with Gasteiger partial charge >= 0.3 is 0 Å². The van der Waals surface area contributed by atoms with Gasteiger partial charge in [0.05, 0.1) is 0 Å². The zero-order chi connectivity index (χ0) is 21.8. The van der Waals surface area contributed by atoms with Crippen molar-refractivity contribution >= 4 is 28.4 Å². The average Bonchev–Trinajstić information content (AvgIpc) is 3.10. The van der Waals surface area contributed by atoms with E-state index >= 15 is 0 Å². The highest BCUT2D eigenvalue weighted by molar-refractivity contribution is 6.00. The van der Waals surface area contributed by atoms with Crippen molar-refractivity contribution in [1.82, 2.24) is 14.9 Å². The minimum Gasteiger partial charge on any atom is -0.347 e.